The number of hydrogen-bond donors (Lipinski definition) is 0. The van der Waals surface area contributed by atoms with E-state index in [0.29, 0.717) is 36.5 Å². The van der Waals surface area contributed by atoms with E-state index < -0.39 is 0 Å². The lowest BCUT2D eigenvalue weighted by Gasteiger charge is -2.27. The highest BCUT2D eigenvalue weighted by Gasteiger charge is 2.35. The van der Waals surface area contributed by atoms with E-state index in [1.165, 1.54) is 4.57 Å². The molecule has 2 aromatic rings. The normalized spacial score (nSPS) is 18.4. The number of carbonyl (C=O) groups is 1. The van der Waals surface area contributed by atoms with Crippen LogP contribution in [0.25, 0.3) is 5.65 Å². The summed E-state index contributed by atoms with van der Waals surface area (Å²) in [4.78, 5) is 30.8. The molecule has 6 heteroatoms. The molecule has 0 saturated heterocycles. The predicted octanol–water partition coefficient (Wildman–Crippen LogP) is 0.891. The predicted molar refractivity (Wildman–Crippen MR) is 70.3 cm³/mol. The second-order valence-corrected chi connectivity index (χ2v) is 5.63. The highest BCUT2D eigenvalue weighted by Crippen LogP contribution is 2.32. The molecule has 104 valence electrons. The van der Waals surface area contributed by atoms with Gasteiger partial charge in [0.05, 0.1) is 17.8 Å². The van der Waals surface area contributed by atoms with Gasteiger partial charge in [0.1, 0.15) is 5.76 Å². The number of carbonyl (C=O) groups excluding carboxylic acids is 1. The smallest absolute Gasteiger partial charge is 0.292 e. The number of aromatic nitrogens is 2. The Balaban J connectivity index is 1.78. The maximum Gasteiger partial charge on any atom is 0.292 e. The lowest BCUT2D eigenvalue weighted by molar-refractivity contribution is -0.133. The first-order valence-corrected chi connectivity index (χ1v) is 6.94. The molecule has 0 unspecified atom stereocenters. The van der Waals surface area contributed by atoms with Gasteiger partial charge in [-0.15, -0.1) is 4.57 Å². The molecule has 2 aromatic heterocycles. The molecule has 0 N–H and O–H groups in total. The van der Waals surface area contributed by atoms with Crippen molar-refractivity contribution in [3.05, 3.63) is 33.4 Å². The molecule has 1 aliphatic carbocycles. The third-order valence-electron chi connectivity index (χ3n) is 4.02. The van der Waals surface area contributed by atoms with E-state index in [9.17, 15) is 9.59 Å². The third kappa shape index (κ3) is 1.67. The summed E-state index contributed by atoms with van der Waals surface area (Å²) in [6.45, 7) is 2.80. The van der Waals surface area contributed by atoms with E-state index in [1.807, 2.05) is 0 Å². The summed E-state index contributed by atoms with van der Waals surface area (Å²) in [5, 5.41) is 0. The van der Waals surface area contributed by atoms with Gasteiger partial charge in [0.2, 0.25) is 5.91 Å². The largest absolute Gasteiger partial charge is 0.375 e. The number of hydrogen-bond acceptors (Lipinski definition) is 4. The molecule has 0 radical (unpaired) electrons. The third-order valence-corrected chi connectivity index (χ3v) is 4.02. The Hall–Kier alpha value is -2.11. The molecule has 0 bridgehead atoms. The summed E-state index contributed by atoms with van der Waals surface area (Å²) < 4.78 is 6.58. The minimum atomic E-state index is -0.189. The van der Waals surface area contributed by atoms with E-state index in [-0.39, 0.29) is 17.4 Å². The molecule has 1 saturated carbocycles. The highest BCUT2D eigenvalue weighted by atomic mass is 16.5. The standard InChI is InChI=1S/C14H15N3O3/c1-8-6-12-15-11-4-5-16(13(18)9-2-3-9)7-10(11)14(19)17(12)20-8/h6,9H,2-5,7H2,1H3. The van der Waals surface area contributed by atoms with Crippen LogP contribution < -0.4 is 5.56 Å². The van der Waals surface area contributed by atoms with Gasteiger partial charge >= 0.3 is 0 Å². The van der Waals surface area contributed by atoms with Crippen LogP contribution in [-0.4, -0.2) is 26.9 Å². The fourth-order valence-corrected chi connectivity index (χ4v) is 2.79. The quantitative estimate of drug-likeness (QED) is 0.774. The topological polar surface area (TPSA) is 67.8 Å². The molecule has 6 nitrogen and oxygen atoms in total. The molecule has 1 fully saturated rings. The van der Waals surface area contributed by atoms with Gasteiger partial charge in [0, 0.05) is 24.9 Å². The van der Waals surface area contributed by atoms with Gasteiger partial charge in [-0.2, -0.15) is 0 Å². The number of aryl methyl sites for hydroxylation is 1. The molecule has 4 rings (SSSR count). The van der Waals surface area contributed by atoms with Crippen molar-refractivity contribution in [1.29, 1.82) is 0 Å². The summed E-state index contributed by atoms with van der Waals surface area (Å²) in [5.74, 6) is 1.01. The monoisotopic (exact) mass is 273 g/mol. The summed E-state index contributed by atoms with van der Waals surface area (Å²) >= 11 is 0. The van der Waals surface area contributed by atoms with Gasteiger partial charge < -0.3 is 9.42 Å². The van der Waals surface area contributed by atoms with Crippen LogP contribution in [0.5, 0.6) is 0 Å². The Morgan fingerprint density at radius 1 is 1.45 bits per heavy atom. The summed E-state index contributed by atoms with van der Waals surface area (Å²) in [7, 11) is 0. The molecular formula is C14H15N3O3. The minimum Gasteiger partial charge on any atom is -0.375 e. The molecule has 1 amide bonds. The van der Waals surface area contributed by atoms with E-state index >= 15 is 0 Å². The van der Waals surface area contributed by atoms with Gasteiger partial charge in [-0.3, -0.25) is 9.59 Å². The first-order chi connectivity index (χ1) is 9.63. The minimum absolute atomic E-state index is 0.177. The Kier molecular flexibility index (Phi) is 2.31. The van der Waals surface area contributed by atoms with Gasteiger partial charge in [-0.25, -0.2) is 4.98 Å². The Bertz CT molecular complexity index is 770. The van der Waals surface area contributed by atoms with Crippen LogP contribution in [0.4, 0.5) is 0 Å². The molecule has 0 atom stereocenters. The molecule has 0 aromatic carbocycles. The average Bonchev–Trinajstić information content (AvgIpc) is 3.21. The van der Waals surface area contributed by atoms with E-state index in [0.717, 1.165) is 18.5 Å². The van der Waals surface area contributed by atoms with Gasteiger partial charge in [0.15, 0.2) is 5.65 Å². The molecule has 20 heavy (non-hydrogen) atoms. The highest BCUT2D eigenvalue weighted by molar-refractivity contribution is 5.81. The first kappa shape index (κ1) is 11.7. The van der Waals surface area contributed by atoms with Gasteiger partial charge in [-0.05, 0) is 19.8 Å². The van der Waals surface area contributed by atoms with E-state index in [2.05, 4.69) is 4.98 Å². The fourth-order valence-electron chi connectivity index (χ4n) is 2.79. The Morgan fingerprint density at radius 3 is 3.00 bits per heavy atom. The molecule has 0 spiro atoms. The van der Waals surface area contributed by atoms with Crippen molar-refractivity contribution in [3.8, 4) is 0 Å². The van der Waals surface area contributed by atoms with Crippen LogP contribution in [0.1, 0.15) is 29.9 Å². The summed E-state index contributed by atoms with van der Waals surface area (Å²) in [5.41, 5.74) is 1.76. The second kappa shape index (κ2) is 3.94. The second-order valence-electron chi connectivity index (χ2n) is 5.63. The van der Waals surface area contributed by atoms with Crippen molar-refractivity contribution in [2.75, 3.05) is 6.54 Å². The summed E-state index contributed by atoms with van der Waals surface area (Å²) in [6, 6.07) is 1.75. The molecule has 3 heterocycles. The Morgan fingerprint density at radius 2 is 2.25 bits per heavy atom. The van der Waals surface area contributed by atoms with Crippen LogP contribution in [0.15, 0.2) is 15.4 Å². The number of nitrogens with zero attached hydrogens (tertiary/aromatic N) is 3. The van der Waals surface area contributed by atoms with Crippen LogP contribution in [0, 0.1) is 12.8 Å². The number of rotatable bonds is 1. The molecule has 2 aliphatic rings. The van der Waals surface area contributed by atoms with Crippen LogP contribution in [-0.2, 0) is 17.8 Å². The van der Waals surface area contributed by atoms with Crippen molar-refractivity contribution >= 4 is 11.6 Å². The Labute approximate surface area is 115 Å². The van der Waals surface area contributed by atoms with Crippen LogP contribution in [0.2, 0.25) is 0 Å². The average molecular weight is 273 g/mol. The van der Waals surface area contributed by atoms with Gasteiger partial charge in [0.25, 0.3) is 5.56 Å². The maximum absolute atomic E-state index is 12.4. The SMILES string of the molecule is Cc1cc2nc3c(c(=O)n2o1)CN(C(=O)C1CC1)CC3. The zero-order chi connectivity index (χ0) is 13.9. The zero-order valence-electron chi connectivity index (χ0n) is 11.3. The van der Waals surface area contributed by atoms with Crippen molar-refractivity contribution in [3.63, 3.8) is 0 Å². The van der Waals surface area contributed by atoms with Gasteiger partial charge in [-0.1, -0.05) is 0 Å². The first-order valence-electron chi connectivity index (χ1n) is 6.94. The van der Waals surface area contributed by atoms with Crippen molar-refractivity contribution in [2.24, 2.45) is 5.92 Å². The molecule has 1 aliphatic heterocycles. The maximum atomic E-state index is 12.4. The van der Waals surface area contributed by atoms with E-state index in [4.69, 9.17) is 4.52 Å². The van der Waals surface area contributed by atoms with Crippen molar-refractivity contribution in [1.82, 2.24) is 14.5 Å². The molecular weight excluding hydrogens is 258 g/mol. The van der Waals surface area contributed by atoms with E-state index in [1.54, 1.807) is 17.9 Å². The zero-order valence-corrected chi connectivity index (χ0v) is 11.3. The van der Waals surface area contributed by atoms with Crippen molar-refractivity contribution in [2.45, 2.75) is 32.7 Å². The lowest BCUT2D eigenvalue weighted by atomic mass is 10.1. The number of fused-ring (bicyclic) bond motifs is 2. The lowest BCUT2D eigenvalue weighted by Crippen LogP contribution is -2.40. The van der Waals surface area contributed by atoms with Crippen LogP contribution in [0.3, 0.4) is 0 Å². The van der Waals surface area contributed by atoms with Crippen LogP contribution >= 0.6 is 0 Å². The fraction of sp³-hybridized carbons (Fsp3) is 0.500. The van der Waals surface area contributed by atoms with Crippen molar-refractivity contribution < 1.29 is 9.32 Å². The summed E-state index contributed by atoms with van der Waals surface area (Å²) in [6.07, 6.45) is 2.61. The number of amides is 1.